The number of rotatable bonds is 5. The van der Waals surface area contributed by atoms with Crippen LogP contribution in [-0.4, -0.2) is 53.6 Å². The van der Waals surface area contributed by atoms with Gasteiger partial charge in [0.2, 0.25) is 15.8 Å². The van der Waals surface area contributed by atoms with Crippen molar-refractivity contribution in [3.8, 4) is 11.4 Å². The molecule has 0 unspecified atom stereocenters. The van der Waals surface area contributed by atoms with E-state index in [1.165, 1.54) is 35.3 Å². The van der Waals surface area contributed by atoms with E-state index in [1.54, 1.807) is 24.3 Å². The van der Waals surface area contributed by atoms with Crippen molar-refractivity contribution < 1.29 is 12.8 Å². The van der Waals surface area contributed by atoms with Gasteiger partial charge in [-0.2, -0.15) is 0 Å². The van der Waals surface area contributed by atoms with Crippen molar-refractivity contribution in [2.24, 2.45) is 0 Å². The molecule has 0 spiro atoms. The van der Waals surface area contributed by atoms with Crippen LogP contribution < -0.4 is 4.90 Å². The molecule has 2 heterocycles. The molecule has 28 heavy (non-hydrogen) atoms. The predicted octanol–water partition coefficient (Wildman–Crippen LogP) is 1.75. The molecule has 0 amide bonds. The molecule has 0 fully saturated rings. The van der Waals surface area contributed by atoms with E-state index in [0.29, 0.717) is 18.1 Å². The van der Waals surface area contributed by atoms with E-state index in [4.69, 9.17) is 0 Å². The number of fused-ring (bicyclic) bond motifs is 1. The van der Waals surface area contributed by atoms with Gasteiger partial charge in [-0.25, -0.2) is 17.1 Å². The molecule has 146 valence electrons. The Morgan fingerprint density at radius 1 is 1.14 bits per heavy atom. The van der Waals surface area contributed by atoms with Gasteiger partial charge in [0.1, 0.15) is 12.5 Å². The van der Waals surface area contributed by atoms with Gasteiger partial charge in [-0.1, -0.05) is 0 Å². The molecular weight excluding hydrogens is 383 g/mol. The molecule has 3 aromatic rings. The zero-order valence-electron chi connectivity index (χ0n) is 15.4. The Morgan fingerprint density at radius 2 is 1.89 bits per heavy atom. The first-order valence-corrected chi connectivity index (χ1v) is 10.1. The van der Waals surface area contributed by atoms with Crippen LogP contribution in [0, 0.1) is 5.82 Å². The summed E-state index contributed by atoms with van der Waals surface area (Å²) in [7, 11) is -0.421. The molecule has 0 aliphatic carbocycles. The van der Waals surface area contributed by atoms with Crippen LogP contribution in [0.15, 0.2) is 47.4 Å². The molecule has 1 aliphatic rings. The summed E-state index contributed by atoms with van der Waals surface area (Å²) in [6.07, 6.45) is 0.742. The van der Waals surface area contributed by atoms with Crippen LogP contribution >= 0.6 is 0 Å². The molecule has 0 saturated heterocycles. The Kier molecular flexibility index (Phi) is 4.60. The van der Waals surface area contributed by atoms with Crippen molar-refractivity contribution in [2.45, 2.75) is 18.0 Å². The lowest BCUT2D eigenvalue weighted by atomic mass is 10.2. The third-order valence-electron chi connectivity index (χ3n) is 4.67. The third-order valence-corrected chi connectivity index (χ3v) is 6.48. The number of sulfonamides is 1. The molecule has 0 radical (unpaired) electrons. The Hall–Kier alpha value is -2.85. The van der Waals surface area contributed by atoms with Gasteiger partial charge in [0.25, 0.3) is 0 Å². The Balaban J connectivity index is 1.54. The van der Waals surface area contributed by atoms with Crippen LogP contribution in [0.5, 0.6) is 0 Å². The second-order valence-corrected chi connectivity index (χ2v) is 8.88. The SMILES string of the molecule is CN(C)S(=O)(=O)c1ccc2c(c1)CCN2Cn1nnc(-c2ccc(F)cc2)n1. The zero-order chi connectivity index (χ0) is 19.9. The van der Waals surface area contributed by atoms with Crippen LogP contribution in [0.2, 0.25) is 0 Å². The maximum atomic E-state index is 13.1. The van der Waals surface area contributed by atoms with Gasteiger partial charge in [-0.05, 0) is 59.7 Å². The first-order chi connectivity index (χ1) is 13.3. The average Bonchev–Trinajstić information content (AvgIpc) is 3.29. The van der Waals surface area contributed by atoms with Crippen molar-refractivity contribution >= 4 is 15.7 Å². The summed E-state index contributed by atoms with van der Waals surface area (Å²) in [6.45, 7) is 1.12. The van der Waals surface area contributed by atoms with E-state index in [9.17, 15) is 12.8 Å². The fourth-order valence-corrected chi connectivity index (χ4v) is 4.09. The minimum absolute atomic E-state index is 0.288. The van der Waals surface area contributed by atoms with Gasteiger partial charge < -0.3 is 4.90 Å². The molecule has 0 atom stereocenters. The largest absolute Gasteiger partial charge is 0.350 e. The monoisotopic (exact) mass is 402 g/mol. The molecule has 8 nitrogen and oxygen atoms in total. The van der Waals surface area contributed by atoms with Gasteiger partial charge in [-0.3, -0.25) is 0 Å². The first-order valence-electron chi connectivity index (χ1n) is 8.69. The quantitative estimate of drug-likeness (QED) is 0.647. The van der Waals surface area contributed by atoms with Crippen LogP contribution in [0.4, 0.5) is 10.1 Å². The van der Waals surface area contributed by atoms with Gasteiger partial charge >= 0.3 is 0 Å². The van der Waals surface area contributed by atoms with Gasteiger partial charge in [0, 0.05) is 31.9 Å². The molecule has 1 aliphatic heterocycles. The maximum absolute atomic E-state index is 13.1. The number of anilines is 1. The minimum atomic E-state index is -3.46. The van der Waals surface area contributed by atoms with Gasteiger partial charge in [-0.15, -0.1) is 15.0 Å². The third kappa shape index (κ3) is 3.36. The molecule has 4 rings (SSSR count). The van der Waals surface area contributed by atoms with Crippen LogP contribution in [0.1, 0.15) is 5.56 Å². The molecular formula is C18H19FN6O2S. The highest BCUT2D eigenvalue weighted by molar-refractivity contribution is 7.89. The summed E-state index contributed by atoms with van der Waals surface area (Å²) < 4.78 is 38.9. The number of hydrogen-bond acceptors (Lipinski definition) is 6. The molecule has 0 saturated carbocycles. The molecule has 0 N–H and O–H groups in total. The fourth-order valence-electron chi connectivity index (χ4n) is 3.13. The highest BCUT2D eigenvalue weighted by Crippen LogP contribution is 2.31. The van der Waals surface area contributed by atoms with E-state index in [-0.39, 0.29) is 10.7 Å². The fraction of sp³-hybridized carbons (Fsp3) is 0.278. The lowest BCUT2D eigenvalue weighted by Crippen LogP contribution is -2.25. The second-order valence-electron chi connectivity index (χ2n) is 6.73. The average molecular weight is 402 g/mol. The Labute approximate surface area is 162 Å². The summed E-state index contributed by atoms with van der Waals surface area (Å²) in [5.74, 6) is 0.104. The summed E-state index contributed by atoms with van der Waals surface area (Å²) in [6, 6.07) is 11.1. The number of hydrogen-bond donors (Lipinski definition) is 0. The number of benzene rings is 2. The summed E-state index contributed by atoms with van der Waals surface area (Å²) in [5, 5.41) is 12.5. The topological polar surface area (TPSA) is 84.2 Å². The Morgan fingerprint density at radius 3 is 2.61 bits per heavy atom. The summed E-state index contributed by atoms with van der Waals surface area (Å²) >= 11 is 0. The zero-order valence-corrected chi connectivity index (χ0v) is 16.3. The van der Waals surface area contributed by atoms with E-state index in [2.05, 4.69) is 20.3 Å². The molecule has 10 heteroatoms. The standard InChI is InChI=1S/C18H19FN6O2S/c1-23(2)28(26,27)16-7-8-17-14(11-16)9-10-24(17)12-25-21-18(20-22-25)13-3-5-15(19)6-4-13/h3-8,11H,9-10,12H2,1-2H3. The van der Waals surface area contributed by atoms with E-state index < -0.39 is 10.0 Å². The Bertz CT molecular complexity index is 1110. The normalized spacial score (nSPS) is 13.9. The maximum Gasteiger partial charge on any atom is 0.242 e. The number of nitrogens with zero attached hydrogens (tertiary/aromatic N) is 6. The van der Waals surface area contributed by atoms with Crippen molar-refractivity contribution in [3.63, 3.8) is 0 Å². The van der Waals surface area contributed by atoms with Crippen molar-refractivity contribution in [1.29, 1.82) is 0 Å². The second kappa shape index (κ2) is 6.95. The first kappa shape index (κ1) is 18.5. The highest BCUT2D eigenvalue weighted by atomic mass is 32.2. The highest BCUT2D eigenvalue weighted by Gasteiger charge is 2.24. The molecule has 1 aromatic heterocycles. The van der Waals surface area contributed by atoms with E-state index >= 15 is 0 Å². The molecule has 0 bridgehead atoms. The van der Waals surface area contributed by atoms with Crippen LogP contribution in [-0.2, 0) is 23.1 Å². The number of tetrazole rings is 1. The summed E-state index contributed by atoms with van der Waals surface area (Å²) in [5.41, 5.74) is 2.62. The number of aromatic nitrogens is 4. The van der Waals surface area contributed by atoms with Crippen LogP contribution in [0.25, 0.3) is 11.4 Å². The van der Waals surface area contributed by atoms with Crippen molar-refractivity contribution in [1.82, 2.24) is 24.5 Å². The minimum Gasteiger partial charge on any atom is -0.350 e. The van der Waals surface area contributed by atoms with E-state index in [0.717, 1.165) is 24.2 Å². The van der Waals surface area contributed by atoms with Crippen LogP contribution in [0.3, 0.4) is 0 Å². The smallest absolute Gasteiger partial charge is 0.242 e. The lowest BCUT2D eigenvalue weighted by molar-refractivity contribution is 0.508. The van der Waals surface area contributed by atoms with E-state index in [1.807, 2.05) is 6.07 Å². The van der Waals surface area contributed by atoms with Crippen molar-refractivity contribution in [3.05, 3.63) is 53.8 Å². The van der Waals surface area contributed by atoms with Gasteiger partial charge in [0.15, 0.2) is 0 Å². The lowest BCUT2D eigenvalue weighted by Gasteiger charge is -2.18. The molecule has 2 aromatic carbocycles. The summed E-state index contributed by atoms with van der Waals surface area (Å²) in [4.78, 5) is 3.83. The van der Waals surface area contributed by atoms with Crippen molar-refractivity contribution in [2.75, 3.05) is 25.5 Å². The predicted molar refractivity (Wildman–Crippen MR) is 102 cm³/mol. The number of halogens is 1. The van der Waals surface area contributed by atoms with Gasteiger partial charge in [0.05, 0.1) is 4.90 Å².